The van der Waals surface area contributed by atoms with Crippen LogP contribution in [-0.4, -0.2) is 42.9 Å². The molecule has 1 aromatic carbocycles. The van der Waals surface area contributed by atoms with Crippen LogP contribution in [0.15, 0.2) is 57.8 Å². The van der Waals surface area contributed by atoms with Crippen molar-refractivity contribution < 1.29 is 41.4 Å². The lowest BCUT2D eigenvalue weighted by Crippen LogP contribution is -2.25. The van der Waals surface area contributed by atoms with Gasteiger partial charge in [-0.3, -0.25) is 9.59 Å². The molecular weight excluding hydrogens is 421 g/mol. The molecule has 11 heteroatoms. The van der Waals surface area contributed by atoms with Gasteiger partial charge in [-0.2, -0.15) is 23.3 Å². The standard InChI is InChI=1S/C20H15F3N2O6/c1-12(26)29-9-10-31-19(28)13-4-6-14(7-5-13)25-18(27)16(11-15-3-2-8-30-15)17(24-25)20(21,22)23/h2-8,11H,9-10H2,1H3/b16-11+. The van der Waals surface area contributed by atoms with Gasteiger partial charge < -0.3 is 13.9 Å². The number of hydrogen-bond donors (Lipinski definition) is 0. The first-order valence-electron chi connectivity index (χ1n) is 8.83. The van der Waals surface area contributed by atoms with Gasteiger partial charge in [0.25, 0.3) is 5.91 Å². The van der Waals surface area contributed by atoms with Crippen molar-refractivity contribution in [3.8, 4) is 0 Å². The number of anilines is 1. The van der Waals surface area contributed by atoms with Crippen molar-refractivity contribution in [2.75, 3.05) is 18.2 Å². The fourth-order valence-corrected chi connectivity index (χ4v) is 2.59. The van der Waals surface area contributed by atoms with E-state index in [9.17, 15) is 27.6 Å². The second-order valence-electron chi connectivity index (χ2n) is 6.16. The summed E-state index contributed by atoms with van der Waals surface area (Å²) in [5.41, 5.74) is -1.92. The second kappa shape index (κ2) is 8.86. The summed E-state index contributed by atoms with van der Waals surface area (Å²) in [6, 6.07) is 7.93. The van der Waals surface area contributed by atoms with Crippen molar-refractivity contribution in [1.29, 1.82) is 0 Å². The molecule has 2 heterocycles. The molecule has 162 valence electrons. The summed E-state index contributed by atoms with van der Waals surface area (Å²) < 4.78 is 54.7. The van der Waals surface area contributed by atoms with Crippen LogP contribution >= 0.6 is 0 Å². The molecule has 1 amide bonds. The van der Waals surface area contributed by atoms with Gasteiger partial charge in [0.1, 0.15) is 19.0 Å². The Labute approximate surface area is 173 Å². The summed E-state index contributed by atoms with van der Waals surface area (Å²) in [6.45, 7) is 0.939. The smallest absolute Gasteiger partial charge is 0.435 e. The molecule has 1 aromatic heterocycles. The van der Waals surface area contributed by atoms with Crippen LogP contribution in [0.2, 0.25) is 0 Å². The van der Waals surface area contributed by atoms with Crippen molar-refractivity contribution in [3.63, 3.8) is 0 Å². The minimum Gasteiger partial charge on any atom is -0.465 e. The predicted octanol–water partition coefficient (Wildman–Crippen LogP) is 3.35. The highest BCUT2D eigenvalue weighted by Gasteiger charge is 2.47. The Balaban J connectivity index is 1.77. The maximum atomic E-state index is 13.4. The van der Waals surface area contributed by atoms with E-state index in [-0.39, 0.29) is 30.2 Å². The second-order valence-corrected chi connectivity index (χ2v) is 6.16. The van der Waals surface area contributed by atoms with Crippen LogP contribution in [0.3, 0.4) is 0 Å². The number of benzene rings is 1. The number of amides is 1. The van der Waals surface area contributed by atoms with E-state index in [2.05, 4.69) is 9.84 Å². The van der Waals surface area contributed by atoms with Crippen molar-refractivity contribution in [1.82, 2.24) is 0 Å². The number of ether oxygens (including phenoxy) is 2. The molecule has 1 aliphatic heterocycles. The first-order chi connectivity index (χ1) is 14.7. The molecule has 1 aliphatic rings. The monoisotopic (exact) mass is 436 g/mol. The molecule has 0 atom stereocenters. The van der Waals surface area contributed by atoms with Crippen molar-refractivity contribution in [2.24, 2.45) is 5.10 Å². The molecule has 0 aliphatic carbocycles. The summed E-state index contributed by atoms with van der Waals surface area (Å²) in [4.78, 5) is 35.2. The van der Waals surface area contributed by atoms with E-state index in [0.717, 1.165) is 6.08 Å². The summed E-state index contributed by atoms with van der Waals surface area (Å²) in [5.74, 6) is -2.19. The molecule has 0 spiro atoms. The van der Waals surface area contributed by atoms with Crippen molar-refractivity contribution in [2.45, 2.75) is 13.1 Å². The largest absolute Gasteiger partial charge is 0.465 e. The van der Waals surface area contributed by atoms with E-state index in [0.29, 0.717) is 5.01 Å². The Morgan fingerprint density at radius 1 is 1.13 bits per heavy atom. The topological polar surface area (TPSA) is 98.4 Å². The molecule has 8 nitrogen and oxygen atoms in total. The maximum Gasteiger partial charge on any atom is 0.435 e. The molecular formula is C20H15F3N2O6. The van der Waals surface area contributed by atoms with Crippen LogP contribution in [0.5, 0.6) is 0 Å². The SMILES string of the molecule is CC(=O)OCCOC(=O)c1ccc(N2N=C(C(F)(F)F)/C(=C\c3ccco3)C2=O)cc1. The van der Waals surface area contributed by atoms with E-state index in [1.54, 1.807) is 0 Å². The first-order valence-corrected chi connectivity index (χ1v) is 8.83. The van der Waals surface area contributed by atoms with Crippen LogP contribution in [0, 0.1) is 0 Å². The third-order valence-corrected chi connectivity index (χ3v) is 3.95. The lowest BCUT2D eigenvalue weighted by molar-refractivity contribution is -0.142. The number of esters is 2. The number of halogens is 3. The summed E-state index contributed by atoms with van der Waals surface area (Å²) in [6.07, 6.45) is -2.64. The number of hydrazone groups is 1. The molecule has 31 heavy (non-hydrogen) atoms. The number of carbonyl (C=O) groups excluding carboxylic acids is 3. The zero-order valence-corrected chi connectivity index (χ0v) is 16.0. The van der Waals surface area contributed by atoms with Crippen molar-refractivity contribution >= 4 is 35.3 Å². The van der Waals surface area contributed by atoms with Gasteiger partial charge in [0, 0.05) is 6.92 Å². The zero-order chi connectivity index (χ0) is 22.6. The fraction of sp³-hybridized carbons (Fsp3) is 0.200. The Kier molecular flexibility index (Phi) is 6.23. The molecule has 3 rings (SSSR count). The first kappa shape index (κ1) is 21.8. The number of nitrogens with zero attached hydrogens (tertiary/aromatic N) is 2. The van der Waals surface area contributed by atoms with Gasteiger partial charge in [0.2, 0.25) is 0 Å². The van der Waals surface area contributed by atoms with Gasteiger partial charge in [0.15, 0.2) is 5.71 Å². The van der Waals surface area contributed by atoms with E-state index >= 15 is 0 Å². The van der Waals surface area contributed by atoms with Gasteiger partial charge in [0.05, 0.1) is 23.1 Å². The number of alkyl halides is 3. The van der Waals surface area contributed by atoms with Crippen molar-refractivity contribution in [3.05, 3.63) is 59.6 Å². The molecule has 0 fully saturated rings. The Hall–Kier alpha value is -3.89. The van der Waals surface area contributed by atoms with Gasteiger partial charge in [-0.25, -0.2) is 4.79 Å². The average Bonchev–Trinajstić information content (AvgIpc) is 3.34. The lowest BCUT2D eigenvalue weighted by Gasteiger charge is -2.12. The minimum absolute atomic E-state index is 0.0195. The summed E-state index contributed by atoms with van der Waals surface area (Å²) in [7, 11) is 0. The number of hydrogen-bond acceptors (Lipinski definition) is 7. The number of furan rings is 1. The third-order valence-electron chi connectivity index (χ3n) is 3.95. The van der Waals surface area contributed by atoms with Gasteiger partial charge in [-0.1, -0.05) is 0 Å². The third kappa shape index (κ3) is 5.18. The average molecular weight is 436 g/mol. The molecule has 0 unspecified atom stereocenters. The van der Waals surface area contributed by atoms with E-state index in [1.165, 1.54) is 49.6 Å². The zero-order valence-electron chi connectivity index (χ0n) is 16.0. The normalized spacial score (nSPS) is 15.2. The van der Waals surface area contributed by atoms with E-state index in [1.807, 2.05) is 0 Å². The van der Waals surface area contributed by atoms with Gasteiger partial charge in [-0.15, -0.1) is 0 Å². The minimum atomic E-state index is -4.87. The molecule has 0 saturated heterocycles. The molecule has 0 bridgehead atoms. The lowest BCUT2D eigenvalue weighted by atomic mass is 10.1. The molecule has 0 radical (unpaired) electrons. The summed E-state index contributed by atoms with van der Waals surface area (Å²) in [5, 5.41) is 4.02. The highest BCUT2D eigenvalue weighted by atomic mass is 19.4. The molecule has 2 aromatic rings. The highest BCUT2D eigenvalue weighted by Crippen LogP contribution is 2.32. The van der Waals surface area contributed by atoms with E-state index in [4.69, 9.17) is 9.15 Å². The Morgan fingerprint density at radius 2 is 1.81 bits per heavy atom. The van der Waals surface area contributed by atoms with Crippen LogP contribution < -0.4 is 5.01 Å². The molecule has 0 N–H and O–H groups in total. The van der Waals surface area contributed by atoms with Crippen LogP contribution in [-0.2, 0) is 19.1 Å². The molecule has 0 saturated carbocycles. The summed E-state index contributed by atoms with van der Waals surface area (Å²) >= 11 is 0. The van der Waals surface area contributed by atoms with Crippen LogP contribution in [0.25, 0.3) is 6.08 Å². The Morgan fingerprint density at radius 3 is 2.39 bits per heavy atom. The fourth-order valence-electron chi connectivity index (χ4n) is 2.59. The number of carbonyl (C=O) groups is 3. The van der Waals surface area contributed by atoms with Crippen LogP contribution in [0.4, 0.5) is 18.9 Å². The number of rotatable bonds is 6. The Bertz CT molecular complexity index is 1040. The van der Waals surface area contributed by atoms with Gasteiger partial charge >= 0.3 is 18.1 Å². The van der Waals surface area contributed by atoms with E-state index < -0.39 is 35.3 Å². The van der Waals surface area contributed by atoms with Gasteiger partial charge in [-0.05, 0) is 42.5 Å². The quantitative estimate of drug-likeness (QED) is 0.391. The maximum absolute atomic E-state index is 13.4. The van der Waals surface area contributed by atoms with Crippen LogP contribution in [0.1, 0.15) is 23.0 Å². The highest BCUT2D eigenvalue weighted by molar-refractivity contribution is 6.34. The predicted molar refractivity (Wildman–Crippen MR) is 101 cm³/mol.